The molecule has 1 saturated heterocycles. The van der Waals surface area contributed by atoms with Crippen LogP contribution in [0.25, 0.3) is 0 Å². The van der Waals surface area contributed by atoms with Gasteiger partial charge in [0.2, 0.25) is 5.91 Å². The molecular weight excluding hydrogens is 347 g/mol. The van der Waals surface area contributed by atoms with Gasteiger partial charge < -0.3 is 14.7 Å². The Balaban J connectivity index is 1.73. The summed E-state index contributed by atoms with van der Waals surface area (Å²) in [4.78, 5) is 27.4. The van der Waals surface area contributed by atoms with E-state index in [1.165, 1.54) is 23.9 Å². The first-order valence-corrected chi connectivity index (χ1v) is 9.10. The number of carboxylic acids is 1. The maximum absolute atomic E-state index is 12.9. The van der Waals surface area contributed by atoms with Crippen molar-refractivity contribution in [3.05, 3.63) is 30.1 Å². The molecule has 1 amide bonds. The van der Waals surface area contributed by atoms with Crippen LogP contribution in [-0.4, -0.2) is 78.5 Å². The van der Waals surface area contributed by atoms with E-state index < -0.39 is 5.97 Å². The number of ether oxygens (including phenoxy) is 1. The first-order valence-electron chi connectivity index (χ1n) is 8.12. The first-order chi connectivity index (χ1) is 11.9. The fourth-order valence-electron chi connectivity index (χ4n) is 2.64. The highest BCUT2D eigenvalue weighted by Crippen LogP contribution is 2.19. The Labute approximate surface area is 150 Å². The molecule has 138 valence electrons. The number of nitrogens with zero attached hydrogens (tertiary/aromatic N) is 2. The van der Waals surface area contributed by atoms with E-state index in [4.69, 9.17) is 9.84 Å². The lowest BCUT2D eigenvalue weighted by atomic mass is 10.2. The molecule has 25 heavy (non-hydrogen) atoms. The summed E-state index contributed by atoms with van der Waals surface area (Å²) >= 11 is 1.52. The molecule has 1 unspecified atom stereocenters. The van der Waals surface area contributed by atoms with Crippen molar-refractivity contribution in [3.63, 3.8) is 0 Å². The second kappa shape index (κ2) is 9.74. The standard InChI is InChI=1S/C17H23FN2O4S/c1-19(12-17(22)23)10-14-11-20(7-8-24-14)16(21)6-9-25-15-4-2-13(18)3-5-15/h2-5,14H,6-12H2,1H3,(H,22,23). The molecule has 1 aliphatic heterocycles. The molecule has 0 radical (unpaired) electrons. The molecule has 0 aliphatic carbocycles. The van der Waals surface area contributed by atoms with Gasteiger partial charge in [0.1, 0.15) is 5.82 Å². The van der Waals surface area contributed by atoms with Gasteiger partial charge in [-0.15, -0.1) is 11.8 Å². The quantitative estimate of drug-likeness (QED) is 0.700. The average Bonchev–Trinajstić information content (AvgIpc) is 2.56. The molecule has 2 rings (SSSR count). The summed E-state index contributed by atoms with van der Waals surface area (Å²) in [5.74, 6) is -0.466. The number of amides is 1. The summed E-state index contributed by atoms with van der Waals surface area (Å²) < 4.78 is 18.5. The Bertz CT molecular complexity index is 585. The van der Waals surface area contributed by atoms with E-state index >= 15 is 0 Å². The largest absolute Gasteiger partial charge is 0.480 e. The summed E-state index contributed by atoms with van der Waals surface area (Å²) in [6.45, 7) is 1.91. The third-order valence-corrected chi connectivity index (χ3v) is 4.82. The number of carbonyl (C=O) groups is 2. The molecule has 1 aromatic rings. The second-order valence-electron chi connectivity index (χ2n) is 5.98. The van der Waals surface area contributed by atoms with Crippen LogP contribution < -0.4 is 0 Å². The fourth-order valence-corrected chi connectivity index (χ4v) is 3.49. The van der Waals surface area contributed by atoms with Crippen molar-refractivity contribution in [2.24, 2.45) is 0 Å². The minimum atomic E-state index is -0.885. The zero-order valence-corrected chi connectivity index (χ0v) is 15.0. The predicted molar refractivity (Wildman–Crippen MR) is 93.2 cm³/mol. The molecular formula is C17H23FN2O4S. The number of halogens is 1. The van der Waals surface area contributed by atoms with E-state index in [1.54, 1.807) is 29.0 Å². The topological polar surface area (TPSA) is 70.1 Å². The normalized spacial score (nSPS) is 17.7. The lowest BCUT2D eigenvalue weighted by Gasteiger charge is -2.34. The number of thioether (sulfide) groups is 1. The van der Waals surface area contributed by atoms with E-state index in [1.807, 2.05) is 0 Å². The van der Waals surface area contributed by atoms with Crippen molar-refractivity contribution in [2.45, 2.75) is 17.4 Å². The Morgan fingerprint density at radius 2 is 2.12 bits per heavy atom. The minimum Gasteiger partial charge on any atom is -0.480 e. The van der Waals surface area contributed by atoms with Gasteiger partial charge in [0.25, 0.3) is 0 Å². The summed E-state index contributed by atoms with van der Waals surface area (Å²) in [6.07, 6.45) is 0.228. The molecule has 8 heteroatoms. The van der Waals surface area contributed by atoms with Crippen molar-refractivity contribution in [1.82, 2.24) is 9.80 Å². The molecule has 1 aromatic carbocycles. The summed E-state index contributed by atoms with van der Waals surface area (Å²) in [5.41, 5.74) is 0. The molecule has 0 spiro atoms. The van der Waals surface area contributed by atoms with Gasteiger partial charge in [-0.05, 0) is 31.3 Å². The molecule has 0 bridgehead atoms. The summed E-state index contributed by atoms with van der Waals surface area (Å²) in [5, 5.41) is 8.79. The number of aliphatic carboxylic acids is 1. The number of hydrogen-bond donors (Lipinski definition) is 1. The monoisotopic (exact) mass is 370 g/mol. The summed E-state index contributed by atoms with van der Waals surface area (Å²) in [7, 11) is 1.72. The average molecular weight is 370 g/mol. The lowest BCUT2D eigenvalue weighted by molar-refractivity contribution is -0.142. The zero-order chi connectivity index (χ0) is 18.2. The second-order valence-corrected chi connectivity index (χ2v) is 7.14. The van der Waals surface area contributed by atoms with Gasteiger partial charge in [-0.25, -0.2) is 4.39 Å². The molecule has 6 nitrogen and oxygen atoms in total. The number of carbonyl (C=O) groups excluding carboxylic acids is 1. The Hall–Kier alpha value is -1.64. The van der Waals surface area contributed by atoms with Crippen LogP contribution in [0.1, 0.15) is 6.42 Å². The van der Waals surface area contributed by atoms with E-state index in [0.29, 0.717) is 38.4 Å². The highest BCUT2D eigenvalue weighted by atomic mass is 32.2. The fraction of sp³-hybridized carbons (Fsp3) is 0.529. The van der Waals surface area contributed by atoms with Gasteiger partial charge in [0.05, 0.1) is 19.3 Å². The SMILES string of the molecule is CN(CC(=O)O)CC1CN(C(=O)CCSc2ccc(F)cc2)CCO1. The van der Waals surface area contributed by atoms with Crippen LogP contribution in [0.5, 0.6) is 0 Å². The van der Waals surface area contributed by atoms with Crippen LogP contribution in [0.3, 0.4) is 0 Å². The van der Waals surface area contributed by atoms with E-state index in [0.717, 1.165) is 4.90 Å². The highest BCUT2D eigenvalue weighted by Gasteiger charge is 2.25. The van der Waals surface area contributed by atoms with Gasteiger partial charge in [-0.2, -0.15) is 0 Å². The molecule has 0 aromatic heterocycles. The number of morpholine rings is 1. The number of likely N-dealkylation sites (N-methyl/N-ethyl adjacent to an activating group) is 1. The van der Waals surface area contributed by atoms with E-state index in [9.17, 15) is 14.0 Å². The Morgan fingerprint density at radius 3 is 2.80 bits per heavy atom. The highest BCUT2D eigenvalue weighted by molar-refractivity contribution is 7.99. The minimum absolute atomic E-state index is 0.0535. The molecule has 1 N–H and O–H groups in total. The van der Waals surface area contributed by atoms with Gasteiger partial charge >= 0.3 is 5.97 Å². The number of carboxylic acid groups (broad SMARTS) is 1. The van der Waals surface area contributed by atoms with Crippen LogP contribution in [0, 0.1) is 5.82 Å². The van der Waals surface area contributed by atoms with Crippen LogP contribution in [-0.2, 0) is 14.3 Å². The van der Waals surface area contributed by atoms with Crippen LogP contribution in [0.2, 0.25) is 0 Å². The van der Waals surface area contributed by atoms with Crippen molar-refractivity contribution < 1.29 is 23.8 Å². The predicted octanol–water partition coefficient (Wildman–Crippen LogP) is 1.55. The van der Waals surface area contributed by atoms with E-state index in [-0.39, 0.29) is 24.4 Å². The number of rotatable bonds is 8. The summed E-state index contributed by atoms with van der Waals surface area (Å²) in [6, 6.07) is 6.22. The van der Waals surface area contributed by atoms with Gasteiger partial charge in [0, 0.05) is 36.7 Å². The molecule has 1 heterocycles. The Kier molecular flexibility index (Phi) is 7.67. The van der Waals surface area contributed by atoms with Gasteiger partial charge in [0.15, 0.2) is 0 Å². The van der Waals surface area contributed by atoms with Crippen LogP contribution in [0.4, 0.5) is 4.39 Å². The first kappa shape index (κ1) is 19.7. The van der Waals surface area contributed by atoms with Crippen LogP contribution >= 0.6 is 11.8 Å². The lowest BCUT2D eigenvalue weighted by Crippen LogP contribution is -2.49. The third-order valence-electron chi connectivity index (χ3n) is 3.81. The maximum Gasteiger partial charge on any atom is 0.317 e. The number of benzene rings is 1. The van der Waals surface area contributed by atoms with Gasteiger partial charge in [-0.1, -0.05) is 0 Å². The Morgan fingerprint density at radius 1 is 1.40 bits per heavy atom. The zero-order valence-electron chi connectivity index (χ0n) is 14.2. The molecule has 1 atom stereocenters. The van der Waals surface area contributed by atoms with Crippen molar-refractivity contribution in [1.29, 1.82) is 0 Å². The number of hydrogen-bond acceptors (Lipinski definition) is 5. The van der Waals surface area contributed by atoms with Crippen molar-refractivity contribution >= 4 is 23.6 Å². The molecule has 1 aliphatic rings. The smallest absolute Gasteiger partial charge is 0.317 e. The van der Waals surface area contributed by atoms with Crippen LogP contribution in [0.15, 0.2) is 29.2 Å². The third kappa shape index (κ3) is 7.01. The molecule has 0 saturated carbocycles. The van der Waals surface area contributed by atoms with Crippen molar-refractivity contribution in [2.75, 3.05) is 45.6 Å². The molecule has 1 fully saturated rings. The van der Waals surface area contributed by atoms with E-state index in [2.05, 4.69) is 0 Å². The van der Waals surface area contributed by atoms with Gasteiger partial charge in [-0.3, -0.25) is 14.5 Å². The maximum atomic E-state index is 12.9. The van der Waals surface area contributed by atoms with Crippen molar-refractivity contribution in [3.8, 4) is 0 Å².